The van der Waals surface area contributed by atoms with E-state index in [-0.39, 0.29) is 11.4 Å². The molecule has 0 aliphatic carbocycles. The zero-order valence-corrected chi connectivity index (χ0v) is 14.7. The molecule has 0 radical (unpaired) electrons. The molecule has 0 atom stereocenters. The number of amides is 1. The molecule has 4 nitrogen and oxygen atoms in total. The summed E-state index contributed by atoms with van der Waals surface area (Å²) in [6, 6.07) is 11.2. The predicted octanol–water partition coefficient (Wildman–Crippen LogP) is 3.45. The molecule has 1 N–H and O–H groups in total. The van der Waals surface area contributed by atoms with E-state index in [1.54, 1.807) is 37.3 Å². The molecule has 0 saturated heterocycles. The molecule has 0 fully saturated rings. The quantitative estimate of drug-likeness (QED) is 0.837. The third-order valence-electron chi connectivity index (χ3n) is 3.03. The van der Waals surface area contributed by atoms with Crippen molar-refractivity contribution in [1.82, 2.24) is 0 Å². The van der Waals surface area contributed by atoms with E-state index < -0.39 is 27.3 Å². The fourth-order valence-electron chi connectivity index (χ4n) is 2.04. The zero-order chi connectivity index (χ0) is 17.0. The van der Waals surface area contributed by atoms with Crippen LogP contribution in [0.5, 0.6) is 0 Å². The van der Waals surface area contributed by atoms with E-state index >= 15 is 0 Å². The monoisotopic (exact) mass is 399 g/mol. The van der Waals surface area contributed by atoms with Crippen LogP contribution in [0.3, 0.4) is 0 Å². The molecule has 0 unspecified atom stereocenters. The Kier molecular flexibility index (Phi) is 5.54. The number of carbonyl (C=O) groups is 1. The van der Waals surface area contributed by atoms with Gasteiger partial charge in [0.1, 0.15) is 11.6 Å². The van der Waals surface area contributed by atoms with Crippen LogP contribution in [0.4, 0.5) is 10.1 Å². The van der Waals surface area contributed by atoms with Crippen LogP contribution in [0.15, 0.2) is 46.9 Å². The summed E-state index contributed by atoms with van der Waals surface area (Å²) in [5.41, 5.74) is 1.26. The van der Waals surface area contributed by atoms with E-state index in [1.165, 1.54) is 12.1 Å². The minimum absolute atomic E-state index is 0.0294. The molecule has 0 aromatic heterocycles. The van der Waals surface area contributed by atoms with Gasteiger partial charge in [-0.2, -0.15) is 0 Å². The summed E-state index contributed by atoms with van der Waals surface area (Å²) >= 11 is 3.26. The molecule has 2 aromatic carbocycles. The zero-order valence-electron chi connectivity index (χ0n) is 12.3. The van der Waals surface area contributed by atoms with Crippen LogP contribution in [0, 0.1) is 12.7 Å². The summed E-state index contributed by atoms with van der Waals surface area (Å²) in [6.45, 7) is 1.72. The topological polar surface area (TPSA) is 63.2 Å². The third kappa shape index (κ3) is 5.44. The van der Waals surface area contributed by atoms with Gasteiger partial charge >= 0.3 is 0 Å². The number of benzene rings is 2. The first-order chi connectivity index (χ1) is 10.7. The largest absolute Gasteiger partial charge is 0.323 e. The smallest absolute Gasteiger partial charge is 0.239 e. The van der Waals surface area contributed by atoms with Gasteiger partial charge in [-0.05, 0) is 42.3 Å². The van der Waals surface area contributed by atoms with Crippen molar-refractivity contribution >= 4 is 37.4 Å². The molecular formula is C16H15BrFNO3S. The number of hydrogen-bond donors (Lipinski definition) is 1. The molecular weight excluding hydrogens is 385 g/mol. The van der Waals surface area contributed by atoms with Crippen molar-refractivity contribution in [2.45, 2.75) is 12.7 Å². The lowest BCUT2D eigenvalue weighted by atomic mass is 10.2. The maximum absolute atomic E-state index is 13.7. The Morgan fingerprint density at radius 1 is 1.22 bits per heavy atom. The fourth-order valence-corrected chi connectivity index (χ4v) is 3.75. The van der Waals surface area contributed by atoms with Crippen molar-refractivity contribution in [3.63, 3.8) is 0 Å². The average Bonchev–Trinajstić information content (AvgIpc) is 2.40. The number of rotatable bonds is 5. The number of aryl methyl sites for hydroxylation is 1. The van der Waals surface area contributed by atoms with Gasteiger partial charge in [0.2, 0.25) is 5.91 Å². The van der Waals surface area contributed by atoms with Gasteiger partial charge in [0.05, 0.1) is 11.4 Å². The Morgan fingerprint density at radius 3 is 2.61 bits per heavy atom. The SMILES string of the molecule is Cc1ccc(NC(=O)CS(=O)(=O)Cc2cccc(Br)c2)c(F)c1. The summed E-state index contributed by atoms with van der Waals surface area (Å²) in [5, 5.41) is 2.29. The van der Waals surface area contributed by atoms with Crippen molar-refractivity contribution < 1.29 is 17.6 Å². The number of nitrogens with one attached hydrogen (secondary N) is 1. The molecule has 122 valence electrons. The van der Waals surface area contributed by atoms with E-state index in [0.29, 0.717) is 11.1 Å². The standard InChI is InChI=1S/C16H15BrFNO3S/c1-11-5-6-15(14(18)7-11)19-16(20)10-23(21,22)9-12-3-2-4-13(17)8-12/h2-8H,9-10H2,1H3,(H,19,20). The lowest BCUT2D eigenvalue weighted by Gasteiger charge is -2.08. The average molecular weight is 400 g/mol. The summed E-state index contributed by atoms with van der Waals surface area (Å²) < 4.78 is 38.6. The Balaban J connectivity index is 2.03. The van der Waals surface area contributed by atoms with E-state index in [2.05, 4.69) is 21.2 Å². The Labute approximate surface area is 142 Å². The first-order valence-electron chi connectivity index (χ1n) is 6.76. The van der Waals surface area contributed by atoms with Gasteiger partial charge in [-0.1, -0.05) is 34.1 Å². The van der Waals surface area contributed by atoms with Crippen LogP contribution < -0.4 is 5.32 Å². The first-order valence-corrected chi connectivity index (χ1v) is 9.37. The number of hydrogen-bond acceptors (Lipinski definition) is 3. The van der Waals surface area contributed by atoms with Crippen LogP contribution >= 0.6 is 15.9 Å². The van der Waals surface area contributed by atoms with Crippen molar-refractivity contribution in [3.05, 3.63) is 63.9 Å². The van der Waals surface area contributed by atoms with Gasteiger partial charge < -0.3 is 5.32 Å². The van der Waals surface area contributed by atoms with Gasteiger partial charge in [-0.25, -0.2) is 12.8 Å². The number of halogens is 2. The maximum Gasteiger partial charge on any atom is 0.239 e. The highest BCUT2D eigenvalue weighted by atomic mass is 79.9. The van der Waals surface area contributed by atoms with Gasteiger partial charge in [0.15, 0.2) is 9.84 Å². The second-order valence-electron chi connectivity index (χ2n) is 5.19. The number of carbonyl (C=O) groups excluding carboxylic acids is 1. The van der Waals surface area contributed by atoms with Crippen molar-refractivity contribution in [1.29, 1.82) is 0 Å². The summed E-state index contributed by atoms with van der Waals surface area (Å²) in [4.78, 5) is 11.9. The van der Waals surface area contributed by atoms with Crippen LogP contribution in [0.1, 0.15) is 11.1 Å². The predicted molar refractivity (Wildman–Crippen MR) is 91.4 cm³/mol. The van der Waals surface area contributed by atoms with Crippen molar-refractivity contribution in [2.24, 2.45) is 0 Å². The highest BCUT2D eigenvalue weighted by molar-refractivity contribution is 9.10. The fraction of sp³-hybridized carbons (Fsp3) is 0.188. The van der Waals surface area contributed by atoms with Crippen LogP contribution in [-0.2, 0) is 20.4 Å². The van der Waals surface area contributed by atoms with Gasteiger partial charge in [0, 0.05) is 4.47 Å². The van der Waals surface area contributed by atoms with Gasteiger partial charge in [0.25, 0.3) is 0 Å². The Morgan fingerprint density at radius 2 is 1.96 bits per heavy atom. The minimum Gasteiger partial charge on any atom is -0.323 e. The maximum atomic E-state index is 13.7. The van der Waals surface area contributed by atoms with Crippen LogP contribution in [0.25, 0.3) is 0 Å². The molecule has 23 heavy (non-hydrogen) atoms. The summed E-state index contributed by atoms with van der Waals surface area (Å²) in [7, 11) is -3.65. The Hall–Kier alpha value is -1.73. The molecule has 0 saturated carbocycles. The number of anilines is 1. The molecule has 1 amide bonds. The van der Waals surface area contributed by atoms with Gasteiger partial charge in [-0.3, -0.25) is 4.79 Å². The van der Waals surface area contributed by atoms with Gasteiger partial charge in [-0.15, -0.1) is 0 Å². The molecule has 2 rings (SSSR count). The lowest BCUT2D eigenvalue weighted by Crippen LogP contribution is -2.24. The van der Waals surface area contributed by atoms with E-state index in [1.807, 2.05) is 0 Å². The normalized spacial score (nSPS) is 11.3. The molecule has 0 bridgehead atoms. The second kappa shape index (κ2) is 7.23. The molecule has 7 heteroatoms. The molecule has 0 aliphatic heterocycles. The number of sulfone groups is 1. The Bertz CT molecular complexity index is 837. The van der Waals surface area contributed by atoms with Crippen LogP contribution in [0.2, 0.25) is 0 Å². The summed E-state index contributed by atoms with van der Waals surface area (Å²) in [5.74, 6) is -2.31. The van der Waals surface area contributed by atoms with Crippen LogP contribution in [-0.4, -0.2) is 20.1 Å². The van der Waals surface area contributed by atoms with Crippen molar-refractivity contribution in [2.75, 3.05) is 11.1 Å². The van der Waals surface area contributed by atoms with E-state index in [4.69, 9.17) is 0 Å². The molecule has 0 heterocycles. The first kappa shape index (κ1) is 17.6. The highest BCUT2D eigenvalue weighted by Crippen LogP contribution is 2.17. The molecule has 2 aromatic rings. The third-order valence-corrected chi connectivity index (χ3v) is 4.99. The summed E-state index contributed by atoms with van der Waals surface area (Å²) in [6.07, 6.45) is 0. The highest BCUT2D eigenvalue weighted by Gasteiger charge is 2.18. The lowest BCUT2D eigenvalue weighted by molar-refractivity contribution is -0.113. The minimum atomic E-state index is -3.65. The molecule has 0 aliphatic rings. The second-order valence-corrected chi connectivity index (χ2v) is 8.17. The van der Waals surface area contributed by atoms with Crippen molar-refractivity contribution in [3.8, 4) is 0 Å². The molecule has 0 spiro atoms. The van der Waals surface area contributed by atoms with E-state index in [0.717, 1.165) is 4.47 Å². The van der Waals surface area contributed by atoms with E-state index in [9.17, 15) is 17.6 Å².